The van der Waals surface area contributed by atoms with Gasteiger partial charge in [-0.1, -0.05) is 6.07 Å². The summed E-state index contributed by atoms with van der Waals surface area (Å²) in [4.78, 5) is 38.7. The van der Waals surface area contributed by atoms with Crippen LogP contribution >= 0.6 is 11.3 Å². The van der Waals surface area contributed by atoms with Gasteiger partial charge < -0.3 is 14.4 Å². The lowest BCUT2D eigenvalue weighted by Gasteiger charge is -2.28. The van der Waals surface area contributed by atoms with Gasteiger partial charge in [-0.2, -0.15) is 0 Å². The maximum atomic E-state index is 13.2. The van der Waals surface area contributed by atoms with E-state index in [-0.39, 0.29) is 23.9 Å². The third-order valence-corrected chi connectivity index (χ3v) is 6.42. The van der Waals surface area contributed by atoms with Gasteiger partial charge in [0.25, 0.3) is 0 Å². The Hall–Kier alpha value is -2.41. The molecule has 1 amide bonds. The standard InChI is InChI=1S/C25H33NO5S/c1-24(2,3)30-22(28)20(17-9-10-26(13-17)23(29)31-25(4,5)6)12-18-15-32-21-8-7-16(14-27)11-19(18)21/h7-8,11,14-15,17,20H,9-10,12-13H2,1-6H3/t17-,20-/m0/s1. The van der Waals surface area contributed by atoms with E-state index in [1.807, 2.05) is 53.7 Å². The Balaban J connectivity index is 1.84. The van der Waals surface area contributed by atoms with E-state index in [2.05, 4.69) is 5.38 Å². The molecule has 174 valence electrons. The Labute approximate surface area is 193 Å². The van der Waals surface area contributed by atoms with Crippen LogP contribution < -0.4 is 0 Å². The Bertz CT molecular complexity index is 998. The lowest BCUT2D eigenvalue weighted by Crippen LogP contribution is -2.38. The van der Waals surface area contributed by atoms with Crippen LogP contribution in [-0.2, 0) is 20.7 Å². The van der Waals surface area contributed by atoms with Crippen molar-refractivity contribution in [1.29, 1.82) is 0 Å². The molecule has 1 saturated heterocycles. The molecule has 7 heteroatoms. The monoisotopic (exact) mass is 459 g/mol. The van der Waals surface area contributed by atoms with Crippen molar-refractivity contribution < 1.29 is 23.9 Å². The molecule has 1 aromatic heterocycles. The van der Waals surface area contributed by atoms with Gasteiger partial charge in [0.2, 0.25) is 0 Å². The smallest absolute Gasteiger partial charge is 0.410 e. The molecule has 2 atom stereocenters. The van der Waals surface area contributed by atoms with Gasteiger partial charge in [0.05, 0.1) is 5.92 Å². The number of hydrogen-bond acceptors (Lipinski definition) is 6. The van der Waals surface area contributed by atoms with Gasteiger partial charge in [-0.05, 0) is 88.8 Å². The summed E-state index contributed by atoms with van der Waals surface area (Å²) in [7, 11) is 0. The van der Waals surface area contributed by atoms with Crippen molar-refractivity contribution in [3.8, 4) is 0 Å². The maximum absolute atomic E-state index is 13.2. The van der Waals surface area contributed by atoms with Gasteiger partial charge in [0.1, 0.15) is 17.5 Å². The van der Waals surface area contributed by atoms with Crippen LogP contribution in [0, 0.1) is 11.8 Å². The number of aldehydes is 1. The fraction of sp³-hybridized carbons (Fsp3) is 0.560. The van der Waals surface area contributed by atoms with E-state index in [4.69, 9.17) is 9.47 Å². The Morgan fingerprint density at radius 3 is 2.47 bits per heavy atom. The largest absolute Gasteiger partial charge is 0.460 e. The zero-order chi connectivity index (χ0) is 23.7. The highest BCUT2D eigenvalue weighted by molar-refractivity contribution is 7.17. The molecule has 6 nitrogen and oxygen atoms in total. The van der Waals surface area contributed by atoms with E-state index in [0.717, 1.165) is 21.9 Å². The second kappa shape index (κ2) is 9.22. The predicted molar refractivity (Wildman–Crippen MR) is 126 cm³/mol. The molecule has 1 aromatic carbocycles. The van der Waals surface area contributed by atoms with Gasteiger partial charge in [0.15, 0.2) is 0 Å². The van der Waals surface area contributed by atoms with Crippen LogP contribution in [0.2, 0.25) is 0 Å². The van der Waals surface area contributed by atoms with E-state index in [1.165, 1.54) is 0 Å². The van der Waals surface area contributed by atoms with Gasteiger partial charge in [0, 0.05) is 23.4 Å². The van der Waals surface area contributed by atoms with E-state index in [0.29, 0.717) is 31.5 Å². The molecule has 1 aliphatic heterocycles. The number of fused-ring (bicyclic) bond motifs is 1. The summed E-state index contributed by atoms with van der Waals surface area (Å²) in [6, 6.07) is 5.62. The van der Waals surface area contributed by atoms with Gasteiger partial charge in [-0.15, -0.1) is 11.3 Å². The van der Waals surface area contributed by atoms with Crippen LogP contribution in [0.4, 0.5) is 4.79 Å². The molecule has 0 N–H and O–H groups in total. The summed E-state index contributed by atoms with van der Waals surface area (Å²) in [6.07, 6.45) is 1.70. The number of amides is 1. The third kappa shape index (κ3) is 6.09. The molecule has 0 aliphatic carbocycles. The molecule has 1 aliphatic rings. The number of esters is 1. The highest BCUT2D eigenvalue weighted by Crippen LogP contribution is 2.34. The first-order chi connectivity index (χ1) is 14.9. The second-order valence-corrected chi connectivity index (χ2v) is 11.4. The van der Waals surface area contributed by atoms with Crippen molar-refractivity contribution in [3.05, 3.63) is 34.7 Å². The minimum absolute atomic E-state index is 0.0263. The number of carbonyl (C=O) groups is 3. The van der Waals surface area contributed by atoms with Crippen LogP contribution in [-0.4, -0.2) is 47.5 Å². The number of nitrogens with zero attached hydrogens (tertiary/aromatic N) is 1. The second-order valence-electron chi connectivity index (χ2n) is 10.5. The number of benzene rings is 1. The molecule has 2 heterocycles. The maximum Gasteiger partial charge on any atom is 0.410 e. The highest BCUT2D eigenvalue weighted by Gasteiger charge is 2.39. The Kier molecular flexibility index (Phi) is 6.98. The lowest BCUT2D eigenvalue weighted by atomic mass is 9.85. The van der Waals surface area contributed by atoms with Crippen LogP contribution in [0.25, 0.3) is 10.1 Å². The average Bonchev–Trinajstić information content (AvgIpc) is 3.30. The van der Waals surface area contributed by atoms with Crippen molar-refractivity contribution in [2.24, 2.45) is 11.8 Å². The molecule has 0 spiro atoms. The van der Waals surface area contributed by atoms with E-state index in [1.54, 1.807) is 22.3 Å². The van der Waals surface area contributed by atoms with Gasteiger partial charge in [-0.3, -0.25) is 9.59 Å². The van der Waals surface area contributed by atoms with Gasteiger partial charge >= 0.3 is 12.1 Å². The zero-order valence-corrected chi connectivity index (χ0v) is 20.6. The zero-order valence-electron chi connectivity index (χ0n) is 19.8. The number of rotatable bonds is 5. The first kappa shape index (κ1) is 24.2. The van der Waals surface area contributed by atoms with Crippen LogP contribution in [0.5, 0.6) is 0 Å². The number of carbonyl (C=O) groups excluding carboxylic acids is 3. The van der Waals surface area contributed by atoms with Crippen molar-refractivity contribution in [3.63, 3.8) is 0 Å². The predicted octanol–water partition coefficient (Wildman–Crippen LogP) is 5.47. The summed E-state index contributed by atoms with van der Waals surface area (Å²) in [5.41, 5.74) is 0.481. The van der Waals surface area contributed by atoms with E-state index < -0.39 is 11.2 Å². The third-order valence-electron chi connectivity index (χ3n) is 5.41. The van der Waals surface area contributed by atoms with Crippen molar-refractivity contribution >= 4 is 39.8 Å². The fourth-order valence-electron chi connectivity index (χ4n) is 4.00. The number of ether oxygens (including phenoxy) is 2. The summed E-state index contributed by atoms with van der Waals surface area (Å²) < 4.78 is 12.4. The Morgan fingerprint density at radius 2 is 1.84 bits per heavy atom. The normalized spacial score (nSPS) is 17.9. The molecule has 1 fully saturated rings. The van der Waals surface area contributed by atoms with Crippen LogP contribution in [0.1, 0.15) is 63.9 Å². The first-order valence-corrected chi connectivity index (χ1v) is 11.9. The molecule has 3 rings (SSSR count). The highest BCUT2D eigenvalue weighted by atomic mass is 32.1. The summed E-state index contributed by atoms with van der Waals surface area (Å²) in [5.74, 6) is -0.666. The summed E-state index contributed by atoms with van der Waals surface area (Å²) >= 11 is 1.60. The molecule has 0 unspecified atom stereocenters. The van der Waals surface area contributed by atoms with Crippen LogP contribution in [0.3, 0.4) is 0 Å². The topological polar surface area (TPSA) is 72.9 Å². The lowest BCUT2D eigenvalue weighted by molar-refractivity contribution is -0.161. The minimum atomic E-state index is -0.597. The summed E-state index contributed by atoms with van der Waals surface area (Å²) in [6.45, 7) is 12.1. The van der Waals surface area contributed by atoms with Crippen molar-refractivity contribution in [2.75, 3.05) is 13.1 Å². The van der Waals surface area contributed by atoms with E-state index in [9.17, 15) is 14.4 Å². The summed E-state index contributed by atoms with van der Waals surface area (Å²) in [5, 5.41) is 3.05. The van der Waals surface area contributed by atoms with Gasteiger partial charge in [-0.25, -0.2) is 4.79 Å². The molecular weight excluding hydrogens is 426 g/mol. The number of thiophene rings is 1. The molecule has 32 heavy (non-hydrogen) atoms. The van der Waals surface area contributed by atoms with Crippen molar-refractivity contribution in [1.82, 2.24) is 4.90 Å². The minimum Gasteiger partial charge on any atom is -0.460 e. The van der Waals surface area contributed by atoms with Crippen LogP contribution in [0.15, 0.2) is 23.6 Å². The Morgan fingerprint density at radius 1 is 1.16 bits per heavy atom. The fourth-order valence-corrected chi connectivity index (χ4v) is 4.95. The van der Waals surface area contributed by atoms with Crippen molar-refractivity contribution in [2.45, 2.75) is 65.6 Å². The molecule has 0 saturated carbocycles. The SMILES string of the molecule is CC(C)(C)OC(=O)[C@@H](Cc1csc2ccc(C=O)cc12)[C@H]1CCN(C(=O)OC(C)(C)C)C1. The number of likely N-dealkylation sites (tertiary alicyclic amines) is 1. The first-order valence-electron chi connectivity index (χ1n) is 11.0. The van der Waals surface area contributed by atoms with E-state index >= 15 is 0 Å². The number of hydrogen-bond donors (Lipinski definition) is 0. The molecule has 2 aromatic rings. The quantitative estimate of drug-likeness (QED) is 0.438. The molecular formula is C25H33NO5S. The molecule has 0 bridgehead atoms. The molecule has 0 radical (unpaired) electrons. The average molecular weight is 460 g/mol.